The van der Waals surface area contributed by atoms with Crippen LogP contribution in [0.4, 0.5) is 4.79 Å². The van der Waals surface area contributed by atoms with Crippen LogP contribution in [-0.2, 0) is 9.53 Å². The van der Waals surface area contributed by atoms with Crippen LogP contribution >= 0.6 is 0 Å². The van der Waals surface area contributed by atoms with E-state index in [-0.39, 0.29) is 5.76 Å². The van der Waals surface area contributed by atoms with Gasteiger partial charge in [-0.25, -0.2) is 9.69 Å². The second kappa shape index (κ2) is 4.30. The molecule has 0 saturated heterocycles. The van der Waals surface area contributed by atoms with E-state index < -0.39 is 23.6 Å². The molecule has 0 spiro atoms. The van der Waals surface area contributed by atoms with Crippen molar-refractivity contribution in [2.24, 2.45) is 5.92 Å². The normalized spacial score (nSPS) is 24.2. The minimum absolute atomic E-state index is 0.0299. The lowest BCUT2D eigenvalue weighted by atomic mass is 10.1. The van der Waals surface area contributed by atoms with Gasteiger partial charge in [-0.1, -0.05) is 12.8 Å². The highest BCUT2D eigenvalue weighted by Gasteiger charge is 2.42. The fourth-order valence-electron chi connectivity index (χ4n) is 2.00. The van der Waals surface area contributed by atoms with E-state index in [9.17, 15) is 14.7 Å². The molecule has 5 heteroatoms. The second-order valence-electron chi connectivity index (χ2n) is 5.95. The Labute approximate surface area is 106 Å². The fourth-order valence-corrected chi connectivity index (χ4v) is 2.00. The van der Waals surface area contributed by atoms with Crippen LogP contribution in [0.3, 0.4) is 0 Å². The summed E-state index contributed by atoms with van der Waals surface area (Å²) in [6.45, 7) is 5.23. The van der Waals surface area contributed by atoms with Crippen LogP contribution in [0.15, 0.2) is 11.8 Å². The number of carbonyl (C=O) groups is 2. The third-order valence-corrected chi connectivity index (χ3v) is 3.01. The van der Waals surface area contributed by atoms with E-state index in [1.807, 2.05) is 0 Å². The molecule has 1 atom stereocenters. The molecule has 1 N–H and O–H groups in total. The van der Waals surface area contributed by atoms with Crippen LogP contribution < -0.4 is 0 Å². The van der Waals surface area contributed by atoms with Gasteiger partial charge in [0.1, 0.15) is 17.4 Å². The van der Waals surface area contributed by atoms with Crippen LogP contribution in [0, 0.1) is 5.92 Å². The smallest absolute Gasteiger partial charge is 0.418 e. The third-order valence-electron chi connectivity index (χ3n) is 3.01. The summed E-state index contributed by atoms with van der Waals surface area (Å²) < 4.78 is 5.19. The van der Waals surface area contributed by atoms with Crippen molar-refractivity contribution in [3.8, 4) is 0 Å². The van der Waals surface area contributed by atoms with E-state index in [0.717, 1.165) is 23.8 Å². The van der Waals surface area contributed by atoms with Gasteiger partial charge in [-0.15, -0.1) is 0 Å². The Morgan fingerprint density at radius 3 is 2.61 bits per heavy atom. The zero-order chi connectivity index (χ0) is 13.5. The lowest BCUT2D eigenvalue weighted by molar-refractivity contribution is -0.125. The topological polar surface area (TPSA) is 66.8 Å². The molecule has 1 heterocycles. The maximum Gasteiger partial charge on any atom is 0.418 e. The van der Waals surface area contributed by atoms with Crippen molar-refractivity contribution >= 4 is 12.0 Å². The number of rotatable bonds is 2. The number of aliphatic hydroxyl groups excluding tert-OH is 1. The number of hydrogen-bond acceptors (Lipinski definition) is 4. The Bertz CT molecular complexity index is 404. The van der Waals surface area contributed by atoms with Gasteiger partial charge in [0.15, 0.2) is 0 Å². The molecule has 1 fully saturated rings. The van der Waals surface area contributed by atoms with Gasteiger partial charge >= 0.3 is 6.09 Å². The molecule has 0 aromatic rings. The Hall–Kier alpha value is -1.52. The first kappa shape index (κ1) is 12.9. The molecular formula is C13H19NO4. The average Bonchev–Trinajstić information content (AvgIpc) is 2.92. The van der Waals surface area contributed by atoms with E-state index in [2.05, 4.69) is 0 Å². The first-order valence-corrected chi connectivity index (χ1v) is 6.24. The molecule has 2 amide bonds. The van der Waals surface area contributed by atoms with Crippen molar-refractivity contribution < 1.29 is 19.4 Å². The monoisotopic (exact) mass is 253 g/mol. The SMILES string of the molecule is CC(C)(C)OC(=O)N1C(=O)C=C(O)C1CC1CC1. The lowest BCUT2D eigenvalue weighted by Gasteiger charge is -2.27. The molecule has 1 saturated carbocycles. The predicted octanol–water partition coefficient (Wildman–Crippen LogP) is 2.37. The van der Waals surface area contributed by atoms with Crippen molar-refractivity contribution in [2.45, 2.75) is 51.7 Å². The van der Waals surface area contributed by atoms with Crippen LogP contribution in [0.5, 0.6) is 0 Å². The van der Waals surface area contributed by atoms with Crippen molar-refractivity contribution in [3.63, 3.8) is 0 Å². The number of imide groups is 1. The minimum atomic E-state index is -0.682. The summed E-state index contributed by atoms with van der Waals surface area (Å²) in [5, 5.41) is 9.74. The first-order valence-electron chi connectivity index (χ1n) is 6.24. The highest BCUT2D eigenvalue weighted by molar-refractivity contribution is 6.02. The molecule has 1 aliphatic carbocycles. The number of hydrogen-bond donors (Lipinski definition) is 1. The highest BCUT2D eigenvalue weighted by Crippen LogP contribution is 2.37. The summed E-state index contributed by atoms with van der Waals surface area (Å²) in [6, 6.07) is -0.542. The van der Waals surface area contributed by atoms with Crippen molar-refractivity contribution in [1.29, 1.82) is 0 Å². The molecule has 1 unspecified atom stereocenters. The number of carbonyl (C=O) groups excluding carboxylic acids is 2. The summed E-state index contributed by atoms with van der Waals surface area (Å²) in [7, 11) is 0. The molecule has 0 bridgehead atoms. The van der Waals surface area contributed by atoms with Crippen LogP contribution in [-0.4, -0.2) is 33.6 Å². The van der Waals surface area contributed by atoms with Crippen LogP contribution in [0.1, 0.15) is 40.0 Å². The molecular weight excluding hydrogens is 234 g/mol. The Kier molecular flexibility index (Phi) is 3.09. The summed E-state index contributed by atoms with van der Waals surface area (Å²) in [5.41, 5.74) is -0.653. The van der Waals surface area contributed by atoms with Gasteiger partial charge in [-0.2, -0.15) is 0 Å². The summed E-state index contributed by atoms with van der Waals surface area (Å²) in [4.78, 5) is 24.7. The molecule has 2 aliphatic rings. The van der Waals surface area contributed by atoms with E-state index >= 15 is 0 Å². The summed E-state index contributed by atoms with van der Waals surface area (Å²) in [6.07, 6.45) is 3.25. The van der Waals surface area contributed by atoms with E-state index in [4.69, 9.17) is 4.74 Å². The maximum atomic E-state index is 12.0. The average molecular weight is 253 g/mol. The molecule has 2 rings (SSSR count). The Morgan fingerprint density at radius 1 is 1.50 bits per heavy atom. The van der Waals surface area contributed by atoms with Crippen molar-refractivity contribution in [2.75, 3.05) is 0 Å². The summed E-state index contributed by atoms with van der Waals surface area (Å²) >= 11 is 0. The van der Waals surface area contributed by atoms with Gasteiger partial charge in [-0.3, -0.25) is 4.79 Å². The van der Waals surface area contributed by atoms with E-state index in [0.29, 0.717) is 12.3 Å². The van der Waals surface area contributed by atoms with Gasteiger partial charge in [0, 0.05) is 6.08 Å². The molecule has 1 aliphatic heterocycles. The number of amides is 2. The maximum absolute atomic E-state index is 12.0. The van der Waals surface area contributed by atoms with E-state index in [1.165, 1.54) is 0 Å². The molecule has 100 valence electrons. The number of nitrogens with zero attached hydrogens (tertiary/aromatic N) is 1. The number of ether oxygens (including phenoxy) is 1. The zero-order valence-corrected chi connectivity index (χ0v) is 11.0. The molecule has 18 heavy (non-hydrogen) atoms. The van der Waals surface area contributed by atoms with Gasteiger partial charge in [-0.05, 0) is 33.1 Å². The minimum Gasteiger partial charge on any atom is -0.510 e. The second-order valence-corrected chi connectivity index (χ2v) is 5.95. The Morgan fingerprint density at radius 2 is 2.11 bits per heavy atom. The molecule has 5 nitrogen and oxygen atoms in total. The third kappa shape index (κ3) is 2.83. The van der Waals surface area contributed by atoms with Gasteiger partial charge in [0.25, 0.3) is 5.91 Å². The van der Waals surface area contributed by atoms with Crippen molar-refractivity contribution in [3.05, 3.63) is 11.8 Å². The van der Waals surface area contributed by atoms with Crippen LogP contribution in [0.2, 0.25) is 0 Å². The molecule has 0 aromatic carbocycles. The highest BCUT2D eigenvalue weighted by atomic mass is 16.6. The summed E-state index contributed by atoms with van der Waals surface area (Å²) in [5.74, 6) is -0.0217. The van der Waals surface area contributed by atoms with Crippen LogP contribution in [0.25, 0.3) is 0 Å². The zero-order valence-electron chi connectivity index (χ0n) is 11.0. The first-order chi connectivity index (χ1) is 8.28. The lowest BCUT2D eigenvalue weighted by Crippen LogP contribution is -2.43. The largest absolute Gasteiger partial charge is 0.510 e. The fraction of sp³-hybridized carbons (Fsp3) is 0.692. The van der Waals surface area contributed by atoms with Gasteiger partial charge < -0.3 is 9.84 Å². The molecule has 0 radical (unpaired) electrons. The van der Waals surface area contributed by atoms with E-state index in [1.54, 1.807) is 20.8 Å². The van der Waals surface area contributed by atoms with Gasteiger partial charge in [0.05, 0.1) is 0 Å². The van der Waals surface area contributed by atoms with Crippen molar-refractivity contribution in [1.82, 2.24) is 4.90 Å². The quantitative estimate of drug-likeness (QED) is 0.820. The molecule has 0 aromatic heterocycles. The predicted molar refractivity (Wildman–Crippen MR) is 64.9 cm³/mol. The Balaban J connectivity index is 2.08. The standard InChI is InChI=1S/C13H19NO4/c1-13(2,3)18-12(17)14-9(6-8-4-5-8)10(15)7-11(14)16/h7-9,15H,4-6H2,1-3H3. The number of aliphatic hydroxyl groups is 1. The van der Waals surface area contributed by atoms with Gasteiger partial charge in [0.2, 0.25) is 0 Å².